The van der Waals surface area contributed by atoms with Crippen LogP contribution in [-0.4, -0.2) is 22.0 Å². The van der Waals surface area contributed by atoms with E-state index in [1.54, 1.807) is 18.3 Å². The number of nitrogens with zero attached hydrogens (tertiary/aromatic N) is 1. The molecule has 6 nitrogen and oxygen atoms in total. The second kappa shape index (κ2) is 6.55. The molecule has 2 N–H and O–H groups in total. The zero-order chi connectivity index (χ0) is 18.0. The smallest absolute Gasteiger partial charge is 0.319 e. The van der Waals surface area contributed by atoms with E-state index in [0.29, 0.717) is 18.7 Å². The molecular weight excluding hydrogens is 320 g/mol. The number of carboxylic acid groups (broad SMARTS) is 1. The van der Waals surface area contributed by atoms with E-state index in [4.69, 9.17) is 9.84 Å². The first-order valence-electron chi connectivity index (χ1n) is 8.12. The monoisotopic (exact) mass is 340 g/mol. The zero-order valence-electron chi connectivity index (χ0n) is 14.2. The molecule has 2 aromatic rings. The van der Waals surface area contributed by atoms with Crippen molar-refractivity contribution < 1.29 is 19.4 Å². The van der Waals surface area contributed by atoms with Gasteiger partial charge in [-0.2, -0.15) is 0 Å². The van der Waals surface area contributed by atoms with E-state index in [0.717, 1.165) is 22.4 Å². The van der Waals surface area contributed by atoms with Crippen molar-refractivity contribution in [2.75, 3.05) is 0 Å². The summed E-state index contributed by atoms with van der Waals surface area (Å²) >= 11 is 0. The Morgan fingerprint density at radius 1 is 1.24 bits per heavy atom. The minimum absolute atomic E-state index is 0.241. The number of aryl methyl sites for hydroxylation is 2. The average molecular weight is 340 g/mol. The Balaban J connectivity index is 1.60. The Bertz CT molecular complexity index is 811. The molecule has 1 aromatic heterocycles. The quantitative estimate of drug-likeness (QED) is 0.789. The summed E-state index contributed by atoms with van der Waals surface area (Å²) in [5.74, 6) is -0.269. The first kappa shape index (κ1) is 17.0. The molecule has 0 bridgehead atoms. The molecule has 1 saturated carbocycles. The van der Waals surface area contributed by atoms with Crippen molar-refractivity contribution in [2.45, 2.75) is 33.2 Å². The lowest BCUT2D eigenvalue weighted by atomic mass is 10.1. The maximum absolute atomic E-state index is 12.0. The van der Waals surface area contributed by atoms with E-state index >= 15 is 0 Å². The van der Waals surface area contributed by atoms with Crippen LogP contribution in [0.4, 0.5) is 0 Å². The number of carboxylic acids is 1. The second-order valence-corrected chi connectivity index (χ2v) is 6.45. The van der Waals surface area contributed by atoms with Gasteiger partial charge in [-0.3, -0.25) is 9.59 Å². The Morgan fingerprint density at radius 2 is 2.00 bits per heavy atom. The summed E-state index contributed by atoms with van der Waals surface area (Å²) in [6.07, 6.45) is 2.41. The van der Waals surface area contributed by atoms with E-state index in [9.17, 15) is 9.59 Å². The minimum atomic E-state index is -1.22. The fourth-order valence-electron chi connectivity index (χ4n) is 2.52. The average Bonchev–Trinajstić information content (AvgIpc) is 3.39. The lowest BCUT2D eigenvalue weighted by Crippen LogP contribution is -2.36. The summed E-state index contributed by atoms with van der Waals surface area (Å²) in [7, 11) is 0. The second-order valence-electron chi connectivity index (χ2n) is 6.45. The molecule has 25 heavy (non-hydrogen) atoms. The third-order valence-corrected chi connectivity index (χ3v) is 4.40. The van der Waals surface area contributed by atoms with E-state index in [2.05, 4.69) is 10.3 Å². The summed E-state index contributed by atoms with van der Waals surface area (Å²) in [4.78, 5) is 27.3. The molecule has 1 heterocycles. The topological polar surface area (TPSA) is 88.5 Å². The van der Waals surface area contributed by atoms with Gasteiger partial charge < -0.3 is 15.2 Å². The lowest BCUT2D eigenvalue weighted by Gasteiger charge is -2.11. The molecule has 0 spiro atoms. The molecule has 1 aromatic carbocycles. The lowest BCUT2D eigenvalue weighted by molar-refractivity contribution is -0.149. The van der Waals surface area contributed by atoms with Crippen LogP contribution < -0.4 is 10.1 Å². The normalized spacial score (nSPS) is 14.6. The van der Waals surface area contributed by atoms with Crippen molar-refractivity contribution in [1.82, 2.24) is 10.3 Å². The third-order valence-electron chi connectivity index (χ3n) is 4.40. The fourth-order valence-corrected chi connectivity index (χ4v) is 2.52. The van der Waals surface area contributed by atoms with Crippen LogP contribution in [0.15, 0.2) is 36.5 Å². The van der Waals surface area contributed by atoms with Crippen molar-refractivity contribution in [2.24, 2.45) is 5.41 Å². The molecule has 130 valence electrons. The van der Waals surface area contributed by atoms with Gasteiger partial charge in [0.15, 0.2) is 0 Å². The molecular formula is C19H20N2O4. The van der Waals surface area contributed by atoms with Crippen molar-refractivity contribution >= 4 is 11.9 Å². The predicted molar refractivity (Wildman–Crippen MR) is 91.4 cm³/mol. The molecule has 3 rings (SSSR count). The number of rotatable bonds is 6. The van der Waals surface area contributed by atoms with E-state index in [1.165, 1.54) is 0 Å². The summed E-state index contributed by atoms with van der Waals surface area (Å²) < 4.78 is 5.79. The first-order chi connectivity index (χ1) is 11.9. The predicted octanol–water partition coefficient (Wildman–Crippen LogP) is 2.97. The maximum Gasteiger partial charge on any atom is 0.319 e. The number of nitrogens with one attached hydrogen (secondary N) is 1. The van der Waals surface area contributed by atoms with Crippen molar-refractivity contribution in [3.8, 4) is 11.6 Å². The summed E-state index contributed by atoms with van der Waals surface area (Å²) in [6, 6.07) is 9.49. The van der Waals surface area contributed by atoms with Gasteiger partial charge in [0.25, 0.3) is 0 Å². The van der Waals surface area contributed by atoms with Crippen LogP contribution in [-0.2, 0) is 16.1 Å². The van der Waals surface area contributed by atoms with E-state index in [1.807, 2.05) is 32.0 Å². The number of amides is 1. The number of carbonyl (C=O) groups excluding carboxylic acids is 1. The van der Waals surface area contributed by atoms with Crippen LogP contribution in [0.3, 0.4) is 0 Å². The Hall–Kier alpha value is -2.89. The highest BCUT2D eigenvalue weighted by Crippen LogP contribution is 2.46. The SMILES string of the molecule is Cc1ccc(C)c(Oc2ccc(CNC(=O)C3(C(=O)O)CC3)cn2)c1. The van der Waals surface area contributed by atoms with E-state index in [-0.39, 0.29) is 6.54 Å². The molecule has 0 saturated heterocycles. The van der Waals surface area contributed by atoms with Gasteiger partial charge in [0.1, 0.15) is 11.2 Å². The molecule has 0 atom stereocenters. The summed E-state index contributed by atoms with van der Waals surface area (Å²) in [5.41, 5.74) is 1.68. The number of carbonyl (C=O) groups is 2. The van der Waals surface area contributed by atoms with Crippen LogP contribution in [0.5, 0.6) is 11.6 Å². The summed E-state index contributed by atoms with van der Waals surface area (Å²) in [5, 5.41) is 11.8. The van der Waals surface area contributed by atoms with Gasteiger partial charge in [-0.15, -0.1) is 0 Å². The van der Waals surface area contributed by atoms with Crippen LogP contribution in [0.1, 0.15) is 29.5 Å². The van der Waals surface area contributed by atoms with Crippen molar-refractivity contribution in [3.63, 3.8) is 0 Å². The van der Waals surface area contributed by atoms with Crippen molar-refractivity contribution in [1.29, 1.82) is 0 Å². The third kappa shape index (κ3) is 3.63. The molecule has 1 fully saturated rings. The number of aliphatic carboxylic acids is 1. The number of hydrogen-bond acceptors (Lipinski definition) is 4. The highest BCUT2D eigenvalue weighted by Gasteiger charge is 2.56. The molecule has 1 aliphatic rings. The fraction of sp³-hybridized carbons (Fsp3) is 0.316. The molecule has 1 aliphatic carbocycles. The number of aromatic nitrogens is 1. The number of pyridine rings is 1. The molecule has 1 amide bonds. The van der Waals surface area contributed by atoms with Gasteiger partial charge in [0.05, 0.1) is 0 Å². The highest BCUT2D eigenvalue weighted by molar-refractivity contribution is 6.04. The van der Waals surface area contributed by atoms with Crippen LogP contribution in [0.25, 0.3) is 0 Å². The van der Waals surface area contributed by atoms with Gasteiger partial charge in [-0.05, 0) is 49.4 Å². The highest BCUT2D eigenvalue weighted by atomic mass is 16.5. The van der Waals surface area contributed by atoms with Gasteiger partial charge in [-0.25, -0.2) is 4.98 Å². The van der Waals surface area contributed by atoms with Crippen LogP contribution in [0, 0.1) is 19.3 Å². The summed E-state index contributed by atoms with van der Waals surface area (Å²) in [6.45, 7) is 4.20. The maximum atomic E-state index is 12.0. The molecule has 0 aliphatic heterocycles. The molecule has 0 unspecified atom stereocenters. The van der Waals surface area contributed by atoms with Crippen LogP contribution >= 0.6 is 0 Å². The van der Waals surface area contributed by atoms with E-state index < -0.39 is 17.3 Å². The number of hydrogen-bond donors (Lipinski definition) is 2. The zero-order valence-corrected chi connectivity index (χ0v) is 14.2. The number of benzene rings is 1. The Labute approximate surface area is 145 Å². The van der Waals surface area contributed by atoms with Crippen molar-refractivity contribution in [3.05, 3.63) is 53.2 Å². The number of ether oxygens (including phenoxy) is 1. The van der Waals surface area contributed by atoms with Gasteiger partial charge in [-0.1, -0.05) is 18.2 Å². The largest absolute Gasteiger partial charge is 0.480 e. The standard InChI is InChI=1S/C19H20N2O4/c1-12-3-4-13(2)15(9-12)25-16-6-5-14(10-20-16)11-21-17(22)19(7-8-19)18(23)24/h3-6,9-10H,7-8,11H2,1-2H3,(H,21,22)(H,23,24). The Kier molecular flexibility index (Phi) is 4.44. The first-order valence-corrected chi connectivity index (χ1v) is 8.12. The molecule has 0 radical (unpaired) electrons. The Morgan fingerprint density at radius 3 is 2.60 bits per heavy atom. The van der Waals surface area contributed by atoms with Crippen LogP contribution in [0.2, 0.25) is 0 Å². The molecule has 6 heteroatoms. The van der Waals surface area contributed by atoms with Gasteiger partial charge in [0.2, 0.25) is 11.8 Å². The minimum Gasteiger partial charge on any atom is -0.480 e. The van der Waals surface area contributed by atoms with Gasteiger partial charge in [0, 0.05) is 18.8 Å². The van der Waals surface area contributed by atoms with Gasteiger partial charge >= 0.3 is 5.97 Å².